The van der Waals surface area contributed by atoms with Crippen LogP contribution in [0.15, 0.2) is 0 Å². The minimum atomic E-state index is 0.153. The summed E-state index contributed by atoms with van der Waals surface area (Å²) in [5.41, 5.74) is 0. The van der Waals surface area contributed by atoms with Crippen molar-refractivity contribution in [1.82, 2.24) is 0 Å². The van der Waals surface area contributed by atoms with Crippen molar-refractivity contribution in [2.45, 2.75) is 13.3 Å². The van der Waals surface area contributed by atoms with E-state index in [1.54, 1.807) is 6.92 Å². The molecule has 0 aliphatic rings. The first-order valence-corrected chi connectivity index (χ1v) is 3.22. The van der Waals surface area contributed by atoms with E-state index in [-0.39, 0.29) is 5.78 Å². The standard InChI is InChI=1S/C4H9NO2S/c1-2-4(6)3-8-7-5/h2-3,5H2,1H3. The summed E-state index contributed by atoms with van der Waals surface area (Å²) in [5, 5.41) is 0. The summed E-state index contributed by atoms with van der Waals surface area (Å²) in [7, 11) is 0. The van der Waals surface area contributed by atoms with Gasteiger partial charge in [0.2, 0.25) is 0 Å². The molecule has 0 aromatic heterocycles. The Hall–Kier alpha value is -0.0600. The summed E-state index contributed by atoms with van der Waals surface area (Å²) in [6.45, 7) is 1.80. The highest BCUT2D eigenvalue weighted by Gasteiger charge is 1.95. The zero-order chi connectivity index (χ0) is 6.41. The van der Waals surface area contributed by atoms with Crippen LogP contribution in [0.3, 0.4) is 0 Å². The average molecular weight is 135 g/mol. The lowest BCUT2D eigenvalue weighted by atomic mass is 10.4. The Balaban J connectivity index is 2.99. The van der Waals surface area contributed by atoms with Crippen LogP contribution in [0.1, 0.15) is 13.3 Å². The number of Topliss-reactive ketones (excluding diaryl/α,β-unsaturated/α-hetero) is 1. The number of carbonyl (C=O) groups excluding carboxylic acids is 1. The van der Waals surface area contributed by atoms with Crippen molar-refractivity contribution in [2.75, 3.05) is 5.75 Å². The van der Waals surface area contributed by atoms with Crippen LogP contribution in [-0.4, -0.2) is 11.5 Å². The van der Waals surface area contributed by atoms with Gasteiger partial charge in [-0.25, -0.2) is 10.2 Å². The van der Waals surface area contributed by atoms with Gasteiger partial charge < -0.3 is 0 Å². The Morgan fingerprint density at radius 1 is 1.88 bits per heavy atom. The molecule has 2 N–H and O–H groups in total. The topological polar surface area (TPSA) is 52.3 Å². The van der Waals surface area contributed by atoms with Crippen LogP contribution in [0.25, 0.3) is 0 Å². The van der Waals surface area contributed by atoms with Crippen LogP contribution in [0.5, 0.6) is 0 Å². The Kier molecular flexibility index (Phi) is 5.05. The molecule has 0 saturated carbocycles. The van der Waals surface area contributed by atoms with Crippen molar-refractivity contribution >= 4 is 17.8 Å². The van der Waals surface area contributed by atoms with E-state index in [1.165, 1.54) is 0 Å². The Morgan fingerprint density at radius 2 is 2.50 bits per heavy atom. The van der Waals surface area contributed by atoms with Crippen molar-refractivity contribution in [1.29, 1.82) is 0 Å². The predicted octanol–water partition coefficient (Wildman–Crippen LogP) is 0.504. The molecule has 0 fully saturated rings. The summed E-state index contributed by atoms with van der Waals surface area (Å²) >= 11 is 0.969. The largest absolute Gasteiger partial charge is 0.299 e. The van der Waals surface area contributed by atoms with Crippen molar-refractivity contribution in [2.24, 2.45) is 5.90 Å². The highest BCUT2D eigenvalue weighted by molar-refractivity contribution is 7.95. The van der Waals surface area contributed by atoms with E-state index in [4.69, 9.17) is 0 Å². The van der Waals surface area contributed by atoms with Gasteiger partial charge in [-0.05, 0) is 0 Å². The molecule has 8 heavy (non-hydrogen) atoms. The molecule has 0 aromatic carbocycles. The lowest BCUT2D eigenvalue weighted by Crippen LogP contribution is -2.00. The third-order valence-electron chi connectivity index (χ3n) is 0.682. The molecular formula is C4H9NO2S. The first-order valence-electron chi connectivity index (χ1n) is 2.31. The zero-order valence-electron chi connectivity index (χ0n) is 4.72. The second-order valence-electron chi connectivity index (χ2n) is 1.25. The van der Waals surface area contributed by atoms with Crippen LogP contribution in [0.4, 0.5) is 0 Å². The van der Waals surface area contributed by atoms with Crippen LogP contribution < -0.4 is 5.90 Å². The quantitative estimate of drug-likeness (QED) is 0.450. The van der Waals surface area contributed by atoms with Gasteiger partial charge in [0.1, 0.15) is 5.78 Å². The van der Waals surface area contributed by atoms with E-state index >= 15 is 0 Å². The molecule has 0 amide bonds. The van der Waals surface area contributed by atoms with Crippen molar-refractivity contribution in [3.8, 4) is 0 Å². The molecule has 0 radical (unpaired) electrons. The highest BCUT2D eigenvalue weighted by atomic mass is 32.2. The molecule has 0 bridgehead atoms. The minimum Gasteiger partial charge on any atom is -0.299 e. The SMILES string of the molecule is CCC(=O)CSON. The number of ketones is 1. The molecule has 0 aromatic rings. The third kappa shape index (κ3) is 4.11. The lowest BCUT2D eigenvalue weighted by Gasteiger charge is -1.90. The maximum absolute atomic E-state index is 10.4. The van der Waals surface area contributed by atoms with Gasteiger partial charge in [0, 0.05) is 18.5 Å². The highest BCUT2D eigenvalue weighted by Crippen LogP contribution is 1.97. The molecule has 48 valence electrons. The van der Waals surface area contributed by atoms with Gasteiger partial charge in [0.25, 0.3) is 0 Å². The number of hydrogen-bond donors (Lipinski definition) is 1. The Labute approximate surface area is 52.7 Å². The van der Waals surface area contributed by atoms with E-state index in [1.807, 2.05) is 0 Å². The molecule has 4 heteroatoms. The van der Waals surface area contributed by atoms with Gasteiger partial charge in [0.15, 0.2) is 0 Å². The fraction of sp³-hybridized carbons (Fsp3) is 0.750. The lowest BCUT2D eigenvalue weighted by molar-refractivity contribution is -0.116. The van der Waals surface area contributed by atoms with Crippen molar-refractivity contribution in [3.63, 3.8) is 0 Å². The molecule has 0 rings (SSSR count). The van der Waals surface area contributed by atoms with Crippen LogP contribution in [-0.2, 0) is 9.08 Å². The normalized spacial score (nSPS) is 9.25. The summed E-state index contributed by atoms with van der Waals surface area (Å²) in [6, 6.07) is 0. The minimum absolute atomic E-state index is 0.153. The molecule has 0 saturated heterocycles. The zero-order valence-corrected chi connectivity index (χ0v) is 5.53. The van der Waals surface area contributed by atoms with Crippen molar-refractivity contribution in [3.05, 3.63) is 0 Å². The van der Waals surface area contributed by atoms with Gasteiger partial charge in [-0.3, -0.25) is 4.79 Å². The van der Waals surface area contributed by atoms with E-state index in [9.17, 15) is 4.79 Å². The maximum atomic E-state index is 10.4. The van der Waals surface area contributed by atoms with Crippen LogP contribution in [0, 0.1) is 0 Å². The first kappa shape index (κ1) is 7.94. The summed E-state index contributed by atoms with van der Waals surface area (Å²) in [4.78, 5) is 10.4. The fourth-order valence-corrected chi connectivity index (χ4v) is 0.605. The average Bonchev–Trinajstić information content (AvgIpc) is 1.83. The van der Waals surface area contributed by atoms with Gasteiger partial charge in [-0.1, -0.05) is 6.92 Å². The van der Waals surface area contributed by atoms with Gasteiger partial charge in [-0.2, -0.15) is 0 Å². The number of hydrogen-bond acceptors (Lipinski definition) is 4. The molecule has 0 atom stereocenters. The van der Waals surface area contributed by atoms with Crippen molar-refractivity contribution < 1.29 is 9.08 Å². The fourth-order valence-electron chi connectivity index (χ4n) is 0.202. The summed E-state index contributed by atoms with van der Waals surface area (Å²) < 4.78 is 4.11. The van der Waals surface area contributed by atoms with Crippen LogP contribution >= 0.6 is 12.0 Å². The number of nitrogens with two attached hydrogens (primary N) is 1. The Bertz CT molecular complexity index is 76.4. The second-order valence-corrected chi connectivity index (χ2v) is 1.97. The van der Waals surface area contributed by atoms with E-state index in [0.717, 1.165) is 12.0 Å². The van der Waals surface area contributed by atoms with E-state index < -0.39 is 0 Å². The Morgan fingerprint density at radius 3 is 2.88 bits per heavy atom. The molecule has 0 heterocycles. The second kappa shape index (κ2) is 5.08. The van der Waals surface area contributed by atoms with Gasteiger partial charge in [0.05, 0.1) is 5.75 Å². The molecule has 3 nitrogen and oxygen atoms in total. The number of rotatable bonds is 4. The van der Waals surface area contributed by atoms with Gasteiger partial charge >= 0.3 is 0 Å². The summed E-state index contributed by atoms with van der Waals surface area (Å²) in [5.74, 6) is 5.15. The van der Waals surface area contributed by atoms with E-state index in [2.05, 4.69) is 10.2 Å². The van der Waals surface area contributed by atoms with Gasteiger partial charge in [-0.15, -0.1) is 0 Å². The summed E-state index contributed by atoms with van der Waals surface area (Å²) in [6.07, 6.45) is 0.552. The van der Waals surface area contributed by atoms with Crippen LogP contribution in [0.2, 0.25) is 0 Å². The molecule has 0 spiro atoms. The maximum Gasteiger partial charge on any atom is 0.144 e. The monoisotopic (exact) mass is 135 g/mol. The molecule has 0 aliphatic carbocycles. The first-order chi connectivity index (χ1) is 3.81. The smallest absolute Gasteiger partial charge is 0.144 e. The molecular weight excluding hydrogens is 126 g/mol. The molecule has 0 aliphatic heterocycles. The number of carbonyl (C=O) groups is 1. The molecule has 0 unspecified atom stereocenters. The van der Waals surface area contributed by atoms with E-state index in [0.29, 0.717) is 12.2 Å². The third-order valence-corrected chi connectivity index (χ3v) is 1.26. The predicted molar refractivity (Wildman–Crippen MR) is 33.0 cm³/mol.